The number of alkyl carbamates (subject to hydrolysis) is 1. The Kier molecular flexibility index (Phi) is 5.25. The highest BCUT2D eigenvalue weighted by Crippen LogP contribution is 2.38. The Morgan fingerprint density at radius 3 is 2.65 bits per heavy atom. The van der Waals surface area contributed by atoms with Crippen molar-refractivity contribution in [2.45, 2.75) is 58.1 Å². The summed E-state index contributed by atoms with van der Waals surface area (Å²) in [5.74, 6) is 0. The quantitative estimate of drug-likeness (QED) is 0.812. The molecule has 1 saturated heterocycles. The van der Waals surface area contributed by atoms with Crippen molar-refractivity contribution >= 4 is 6.09 Å². The van der Waals surface area contributed by atoms with Crippen LogP contribution < -0.4 is 5.32 Å². The van der Waals surface area contributed by atoms with E-state index in [-0.39, 0.29) is 19.2 Å². The molecule has 1 heterocycles. The molecular formula is C13H28N2O2. The van der Waals surface area contributed by atoms with Crippen molar-refractivity contribution in [2.75, 3.05) is 20.1 Å². The van der Waals surface area contributed by atoms with Gasteiger partial charge in [-0.3, -0.25) is 0 Å². The molecule has 1 aliphatic heterocycles. The highest BCUT2D eigenvalue weighted by atomic mass is 16.6. The van der Waals surface area contributed by atoms with E-state index in [0.717, 1.165) is 38.8 Å². The molecule has 1 atom stereocenters. The minimum atomic E-state index is -0.240. The van der Waals surface area contributed by atoms with Crippen LogP contribution in [0.3, 0.4) is 0 Å². The maximum atomic E-state index is 11.5. The molecule has 0 spiro atoms. The van der Waals surface area contributed by atoms with E-state index in [2.05, 4.69) is 17.3 Å². The second-order valence-electron chi connectivity index (χ2n) is 5.09. The molecule has 0 radical (unpaired) electrons. The molecule has 4 heteroatoms. The van der Waals surface area contributed by atoms with Gasteiger partial charge in [-0.05, 0) is 46.2 Å². The van der Waals surface area contributed by atoms with Gasteiger partial charge in [0.1, 0.15) is 5.60 Å². The van der Waals surface area contributed by atoms with Gasteiger partial charge in [-0.1, -0.05) is 13.8 Å². The fourth-order valence-corrected chi connectivity index (χ4v) is 1.98. The molecule has 0 aromatic heterocycles. The van der Waals surface area contributed by atoms with Gasteiger partial charge in [0.2, 0.25) is 0 Å². The van der Waals surface area contributed by atoms with Crippen LogP contribution in [0.2, 0.25) is 0 Å². The number of likely N-dealkylation sites (N-methyl/N-ethyl adjacent to an activating group) is 1. The highest BCUT2D eigenvalue weighted by Gasteiger charge is 2.42. The van der Waals surface area contributed by atoms with Gasteiger partial charge in [-0.15, -0.1) is 0 Å². The number of amides is 1. The summed E-state index contributed by atoms with van der Waals surface area (Å²) in [6, 6.07) is 0.263. The zero-order chi connectivity index (χ0) is 12.9. The molecule has 1 unspecified atom stereocenters. The number of hydrogen-bond donors (Lipinski definition) is 1. The van der Waals surface area contributed by atoms with E-state index in [4.69, 9.17) is 4.74 Å². The third-order valence-electron chi connectivity index (χ3n) is 3.24. The van der Waals surface area contributed by atoms with Crippen LogP contribution >= 0.6 is 0 Å². The summed E-state index contributed by atoms with van der Waals surface area (Å²) >= 11 is 0. The van der Waals surface area contributed by atoms with Gasteiger partial charge in [0.05, 0.1) is 0 Å². The van der Waals surface area contributed by atoms with Crippen molar-refractivity contribution in [3.63, 3.8) is 0 Å². The standard InChI is InChI=1S/C11H20N2O2.C2H6.H2/c1-11(5-6-11)15-10(14)12-9-4-3-7-13(2)8-9;1-2;/h9H,3-8H2,1-2H3,(H,12,14);1-2H3;1H. The van der Waals surface area contributed by atoms with Crippen LogP contribution in [-0.4, -0.2) is 42.8 Å². The summed E-state index contributed by atoms with van der Waals surface area (Å²) < 4.78 is 5.32. The van der Waals surface area contributed by atoms with Gasteiger partial charge in [-0.2, -0.15) is 0 Å². The largest absolute Gasteiger partial charge is 0.443 e. The summed E-state index contributed by atoms with van der Waals surface area (Å²) in [6.07, 6.45) is 3.99. The van der Waals surface area contributed by atoms with Crippen LogP contribution in [-0.2, 0) is 4.74 Å². The van der Waals surface area contributed by atoms with Crippen molar-refractivity contribution in [3.05, 3.63) is 0 Å². The van der Waals surface area contributed by atoms with E-state index in [9.17, 15) is 4.79 Å². The van der Waals surface area contributed by atoms with Crippen LogP contribution in [0.25, 0.3) is 0 Å². The number of likely N-dealkylation sites (tertiary alicyclic amines) is 1. The zero-order valence-corrected chi connectivity index (χ0v) is 11.6. The lowest BCUT2D eigenvalue weighted by atomic mass is 10.1. The smallest absolute Gasteiger partial charge is 0.407 e. The molecular weight excluding hydrogens is 216 g/mol. The summed E-state index contributed by atoms with van der Waals surface area (Å²) in [4.78, 5) is 13.8. The van der Waals surface area contributed by atoms with Crippen molar-refractivity contribution < 1.29 is 11.0 Å². The van der Waals surface area contributed by atoms with E-state index in [1.54, 1.807) is 0 Å². The number of hydrogen-bond acceptors (Lipinski definition) is 3. The molecule has 2 aliphatic rings. The Hall–Kier alpha value is -0.770. The molecule has 1 aliphatic carbocycles. The molecule has 2 fully saturated rings. The summed E-state index contributed by atoms with van der Waals surface area (Å²) in [7, 11) is 2.08. The molecule has 0 aromatic rings. The Balaban J connectivity index is 0.000000917. The number of rotatable bonds is 2. The minimum Gasteiger partial charge on any atom is -0.443 e. The van der Waals surface area contributed by atoms with Crippen LogP contribution in [0.4, 0.5) is 4.79 Å². The minimum absolute atomic E-state index is 0. The fraction of sp³-hybridized carbons (Fsp3) is 0.923. The second-order valence-corrected chi connectivity index (χ2v) is 5.09. The fourth-order valence-electron chi connectivity index (χ4n) is 1.98. The second kappa shape index (κ2) is 6.24. The molecule has 2 rings (SSSR count). The van der Waals surface area contributed by atoms with Gasteiger partial charge < -0.3 is 15.0 Å². The molecule has 17 heavy (non-hydrogen) atoms. The first-order valence-electron chi connectivity index (χ1n) is 6.75. The third kappa shape index (κ3) is 4.94. The Bertz CT molecular complexity index is 257. The van der Waals surface area contributed by atoms with E-state index in [0.29, 0.717) is 0 Å². The number of piperidine rings is 1. The van der Waals surface area contributed by atoms with Crippen molar-refractivity contribution in [2.24, 2.45) is 0 Å². The van der Waals surface area contributed by atoms with Gasteiger partial charge in [0.25, 0.3) is 0 Å². The molecule has 0 bridgehead atoms. The van der Waals surface area contributed by atoms with Crippen molar-refractivity contribution in [1.29, 1.82) is 0 Å². The highest BCUT2D eigenvalue weighted by molar-refractivity contribution is 5.68. The lowest BCUT2D eigenvalue weighted by Crippen LogP contribution is -2.47. The van der Waals surface area contributed by atoms with Crippen molar-refractivity contribution in [3.8, 4) is 0 Å². The average molecular weight is 244 g/mol. The van der Waals surface area contributed by atoms with Crippen molar-refractivity contribution in [1.82, 2.24) is 10.2 Å². The van der Waals surface area contributed by atoms with Crippen LogP contribution in [0.15, 0.2) is 0 Å². The van der Waals surface area contributed by atoms with Gasteiger partial charge in [0.15, 0.2) is 0 Å². The first kappa shape index (κ1) is 14.3. The zero-order valence-electron chi connectivity index (χ0n) is 11.6. The molecule has 1 saturated carbocycles. The normalized spacial score (nSPS) is 26.5. The molecule has 0 aromatic carbocycles. The Morgan fingerprint density at radius 1 is 1.47 bits per heavy atom. The SMILES string of the molecule is CC.CN1CCCC(NC(=O)OC2(C)CC2)C1.[HH]. The monoisotopic (exact) mass is 244 g/mol. The number of carbonyl (C=O) groups is 1. The lowest BCUT2D eigenvalue weighted by molar-refractivity contribution is 0.0860. The van der Waals surface area contributed by atoms with Gasteiger partial charge in [0, 0.05) is 14.0 Å². The maximum absolute atomic E-state index is 11.5. The molecule has 102 valence electrons. The van der Waals surface area contributed by atoms with Gasteiger partial charge in [-0.25, -0.2) is 4.79 Å². The Labute approximate surface area is 106 Å². The summed E-state index contributed by atoms with van der Waals surface area (Å²) in [5, 5.41) is 2.94. The summed E-state index contributed by atoms with van der Waals surface area (Å²) in [6.45, 7) is 8.05. The number of nitrogens with zero attached hydrogens (tertiary/aromatic N) is 1. The lowest BCUT2D eigenvalue weighted by Gasteiger charge is -2.30. The number of carbonyl (C=O) groups excluding carboxylic acids is 1. The molecule has 4 nitrogen and oxygen atoms in total. The Morgan fingerprint density at radius 2 is 2.12 bits per heavy atom. The average Bonchev–Trinajstić information content (AvgIpc) is 2.98. The predicted octanol–water partition coefficient (Wildman–Crippen LogP) is 2.63. The van der Waals surface area contributed by atoms with Gasteiger partial charge >= 0.3 is 6.09 Å². The maximum Gasteiger partial charge on any atom is 0.407 e. The predicted molar refractivity (Wildman–Crippen MR) is 71.2 cm³/mol. The van der Waals surface area contributed by atoms with E-state index in [1.807, 2.05) is 20.8 Å². The molecule has 1 amide bonds. The van der Waals surface area contributed by atoms with E-state index >= 15 is 0 Å². The topological polar surface area (TPSA) is 41.6 Å². The number of ether oxygens (including phenoxy) is 1. The first-order valence-corrected chi connectivity index (χ1v) is 6.75. The van der Waals surface area contributed by atoms with Crippen LogP contribution in [0.5, 0.6) is 0 Å². The van der Waals surface area contributed by atoms with Crippen LogP contribution in [0.1, 0.15) is 47.9 Å². The summed E-state index contributed by atoms with van der Waals surface area (Å²) in [5.41, 5.74) is -0.162. The number of nitrogens with one attached hydrogen (secondary N) is 1. The van der Waals surface area contributed by atoms with Crippen LogP contribution in [0, 0.1) is 0 Å². The first-order chi connectivity index (χ1) is 8.07. The van der Waals surface area contributed by atoms with E-state index < -0.39 is 0 Å². The van der Waals surface area contributed by atoms with E-state index in [1.165, 1.54) is 0 Å². The third-order valence-corrected chi connectivity index (χ3v) is 3.24. The molecule has 1 N–H and O–H groups in total.